The number of methoxy groups -OCH3 is 2. The van der Waals surface area contributed by atoms with Gasteiger partial charge in [0.2, 0.25) is 10.0 Å². The van der Waals surface area contributed by atoms with E-state index in [1.54, 1.807) is 12.1 Å². The van der Waals surface area contributed by atoms with Gasteiger partial charge in [0.15, 0.2) is 0 Å². The number of quaternary nitrogens is 1. The number of nitrogens with one attached hydrogen (secondary N) is 1. The van der Waals surface area contributed by atoms with E-state index in [4.69, 9.17) is 9.47 Å². The summed E-state index contributed by atoms with van der Waals surface area (Å²) in [6.07, 6.45) is 0. The maximum Gasteiger partial charge on any atom is 0.247 e. The molecular formula is C20H24N3O4S+. The van der Waals surface area contributed by atoms with Crippen molar-refractivity contribution in [1.82, 2.24) is 4.31 Å². The quantitative estimate of drug-likeness (QED) is 0.768. The van der Waals surface area contributed by atoms with Gasteiger partial charge in [-0.25, -0.2) is 8.42 Å². The van der Waals surface area contributed by atoms with Gasteiger partial charge in [0.05, 0.1) is 52.0 Å². The SMILES string of the molecule is COc1ccc(OC)c(S(=O)(=O)N2CC[NH+](Cc3ccccc3C#N)CC2)c1. The second kappa shape index (κ2) is 8.61. The summed E-state index contributed by atoms with van der Waals surface area (Å²) in [7, 11) is -0.730. The number of rotatable bonds is 6. The first-order valence-electron chi connectivity index (χ1n) is 9.03. The van der Waals surface area contributed by atoms with Crippen LogP contribution in [-0.4, -0.2) is 53.1 Å². The Morgan fingerprint density at radius 3 is 2.46 bits per heavy atom. The number of sulfonamides is 1. The molecule has 1 heterocycles. The van der Waals surface area contributed by atoms with E-state index in [9.17, 15) is 13.7 Å². The number of nitrogens with zero attached hydrogens (tertiary/aromatic N) is 2. The normalized spacial score (nSPS) is 15.8. The molecule has 2 aromatic carbocycles. The number of nitriles is 1. The third-order valence-corrected chi connectivity index (χ3v) is 6.92. The molecule has 148 valence electrons. The lowest BCUT2D eigenvalue weighted by molar-refractivity contribution is -0.917. The van der Waals surface area contributed by atoms with Crippen molar-refractivity contribution < 1.29 is 22.8 Å². The number of hydrogen-bond acceptors (Lipinski definition) is 5. The van der Waals surface area contributed by atoms with Gasteiger partial charge in [-0.1, -0.05) is 18.2 Å². The van der Waals surface area contributed by atoms with Gasteiger partial charge in [-0.3, -0.25) is 0 Å². The van der Waals surface area contributed by atoms with Crippen LogP contribution in [-0.2, 0) is 16.6 Å². The lowest BCUT2D eigenvalue weighted by Gasteiger charge is -2.32. The molecule has 0 atom stereocenters. The molecule has 0 bridgehead atoms. The van der Waals surface area contributed by atoms with Crippen molar-refractivity contribution in [2.45, 2.75) is 11.4 Å². The highest BCUT2D eigenvalue weighted by molar-refractivity contribution is 7.89. The largest absolute Gasteiger partial charge is 0.497 e. The fraction of sp³-hybridized carbons (Fsp3) is 0.350. The van der Waals surface area contributed by atoms with Gasteiger partial charge in [-0.05, 0) is 18.2 Å². The van der Waals surface area contributed by atoms with Crippen LogP contribution in [0.1, 0.15) is 11.1 Å². The Bertz CT molecular complexity index is 977. The third-order valence-electron chi connectivity index (χ3n) is 5.00. The molecule has 1 aliphatic rings. The number of benzene rings is 2. The molecule has 0 radical (unpaired) electrons. The number of hydrogen-bond donors (Lipinski definition) is 1. The first kappa shape index (κ1) is 20.1. The van der Waals surface area contributed by atoms with Crippen molar-refractivity contribution >= 4 is 10.0 Å². The highest BCUT2D eigenvalue weighted by Crippen LogP contribution is 2.30. The monoisotopic (exact) mass is 402 g/mol. The second-order valence-electron chi connectivity index (χ2n) is 6.62. The molecule has 1 saturated heterocycles. The van der Waals surface area contributed by atoms with E-state index < -0.39 is 10.0 Å². The minimum atomic E-state index is -3.68. The zero-order chi connectivity index (χ0) is 20.1. The van der Waals surface area contributed by atoms with Crippen LogP contribution < -0.4 is 14.4 Å². The molecule has 28 heavy (non-hydrogen) atoms. The molecule has 1 fully saturated rings. The highest BCUT2D eigenvalue weighted by atomic mass is 32.2. The molecule has 0 amide bonds. The molecule has 8 heteroatoms. The number of ether oxygens (including phenoxy) is 2. The number of piperazine rings is 1. The van der Waals surface area contributed by atoms with Crippen molar-refractivity contribution in [2.75, 3.05) is 40.4 Å². The maximum atomic E-state index is 13.1. The molecule has 3 rings (SSSR count). The van der Waals surface area contributed by atoms with Crippen LogP contribution in [0.25, 0.3) is 0 Å². The highest BCUT2D eigenvalue weighted by Gasteiger charge is 2.33. The lowest BCUT2D eigenvalue weighted by atomic mass is 10.1. The molecular weight excluding hydrogens is 378 g/mol. The van der Waals surface area contributed by atoms with Crippen molar-refractivity contribution in [3.8, 4) is 17.6 Å². The summed E-state index contributed by atoms with van der Waals surface area (Å²) in [5.74, 6) is 0.773. The molecule has 7 nitrogen and oxygen atoms in total. The van der Waals surface area contributed by atoms with Gasteiger partial charge in [0.25, 0.3) is 0 Å². The van der Waals surface area contributed by atoms with Crippen LogP contribution in [0, 0.1) is 11.3 Å². The van der Waals surface area contributed by atoms with E-state index in [-0.39, 0.29) is 4.90 Å². The smallest absolute Gasteiger partial charge is 0.247 e. The Kier molecular flexibility index (Phi) is 6.19. The molecule has 0 aliphatic carbocycles. The van der Waals surface area contributed by atoms with Crippen molar-refractivity contribution in [3.63, 3.8) is 0 Å². The van der Waals surface area contributed by atoms with Crippen LogP contribution in [0.3, 0.4) is 0 Å². The van der Waals surface area contributed by atoms with Gasteiger partial charge in [-0.2, -0.15) is 9.57 Å². The van der Waals surface area contributed by atoms with E-state index in [0.717, 1.165) is 5.56 Å². The van der Waals surface area contributed by atoms with Crippen molar-refractivity contribution in [3.05, 3.63) is 53.6 Å². The summed E-state index contributed by atoms with van der Waals surface area (Å²) in [4.78, 5) is 1.37. The summed E-state index contributed by atoms with van der Waals surface area (Å²) < 4.78 is 38.2. The predicted octanol–water partition coefficient (Wildman–Crippen LogP) is 0.665. The first-order valence-corrected chi connectivity index (χ1v) is 10.5. The fourth-order valence-corrected chi connectivity index (χ4v) is 5.01. The Morgan fingerprint density at radius 2 is 1.82 bits per heavy atom. The van der Waals surface area contributed by atoms with Gasteiger partial charge < -0.3 is 14.4 Å². The molecule has 0 spiro atoms. The average Bonchev–Trinajstić information content (AvgIpc) is 2.74. The van der Waals surface area contributed by atoms with Gasteiger partial charge in [-0.15, -0.1) is 0 Å². The van der Waals surface area contributed by atoms with E-state index in [2.05, 4.69) is 6.07 Å². The zero-order valence-corrected chi connectivity index (χ0v) is 16.8. The minimum absolute atomic E-state index is 0.118. The van der Waals surface area contributed by atoms with Crippen LogP contribution in [0.4, 0.5) is 0 Å². The van der Waals surface area contributed by atoms with Gasteiger partial charge in [0.1, 0.15) is 22.9 Å². The van der Waals surface area contributed by atoms with E-state index in [1.807, 2.05) is 24.3 Å². The topological polar surface area (TPSA) is 84.1 Å². The van der Waals surface area contributed by atoms with E-state index in [1.165, 1.54) is 29.5 Å². The lowest BCUT2D eigenvalue weighted by Crippen LogP contribution is -3.13. The predicted molar refractivity (Wildman–Crippen MR) is 104 cm³/mol. The summed E-state index contributed by atoms with van der Waals surface area (Å²) >= 11 is 0. The van der Waals surface area contributed by atoms with E-state index >= 15 is 0 Å². The summed E-state index contributed by atoms with van der Waals surface area (Å²) in [6.45, 7) is 2.87. The van der Waals surface area contributed by atoms with Crippen molar-refractivity contribution in [2.24, 2.45) is 0 Å². The molecule has 1 aliphatic heterocycles. The van der Waals surface area contributed by atoms with Crippen LogP contribution in [0.2, 0.25) is 0 Å². The fourth-order valence-electron chi connectivity index (χ4n) is 3.40. The third kappa shape index (κ3) is 4.12. The molecule has 1 N–H and O–H groups in total. The van der Waals surface area contributed by atoms with Crippen molar-refractivity contribution in [1.29, 1.82) is 5.26 Å². The molecule has 0 saturated carbocycles. The standard InChI is InChI=1S/C20H23N3O4S/c1-26-18-7-8-19(27-2)20(13-18)28(24,25)23-11-9-22(10-12-23)15-17-6-4-3-5-16(17)14-21/h3-8,13H,9-12,15H2,1-2H3/p+1. The molecule has 0 aromatic heterocycles. The summed E-state index contributed by atoms with van der Waals surface area (Å²) in [5, 5.41) is 9.25. The van der Waals surface area contributed by atoms with E-state index in [0.29, 0.717) is 49.8 Å². The summed E-state index contributed by atoms with van der Waals surface area (Å²) in [5.41, 5.74) is 1.66. The Balaban J connectivity index is 1.73. The Hall–Kier alpha value is -2.60. The summed E-state index contributed by atoms with van der Waals surface area (Å²) in [6, 6.07) is 14.5. The van der Waals surface area contributed by atoms with Crippen LogP contribution in [0.5, 0.6) is 11.5 Å². The van der Waals surface area contributed by atoms with Crippen LogP contribution >= 0.6 is 0 Å². The molecule has 0 unspecified atom stereocenters. The second-order valence-corrected chi connectivity index (χ2v) is 8.52. The average molecular weight is 402 g/mol. The van der Waals surface area contributed by atoms with Gasteiger partial charge >= 0.3 is 0 Å². The maximum absolute atomic E-state index is 13.1. The Morgan fingerprint density at radius 1 is 1.11 bits per heavy atom. The molecule has 2 aromatic rings. The first-order chi connectivity index (χ1) is 13.5. The minimum Gasteiger partial charge on any atom is -0.497 e. The Labute approximate surface area is 165 Å². The van der Waals surface area contributed by atoms with Gasteiger partial charge in [0, 0.05) is 11.6 Å². The van der Waals surface area contributed by atoms with Crippen LogP contribution in [0.15, 0.2) is 47.4 Å². The zero-order valence-electron chi connectivity index (χ0n) is 16.0.